The van der Waals surface area contributed by atoms with Crippen LogP contribution >= 0.6 is 0 Å². The zero-order valence-corrected chi connectivity index (χ0v) is 13.9. The van der Waals surface area contributed by atoms with E-state index in [4.69, 9.17) is 0 Å². The number of nitrogens with one attached hydrogen (secondary N) is 1. The van der Waals surface area contributed by atoms with Gasteiger partial charge in [0.05, 0.1) is 38.0 Å². The fourth-order valence-electron chi connectivity index (χ4n) is 2.29. The number of hydrogen-bond donors (Lipinski definition) is 1. The van der Waals surface area contributed by atoms with Crippen molar-refractivity contribution in [3.8, 4) is 0 Å². The number of hydrogen-bond acceptors (Lipinski definition) is 7. The van der Waals surface area contributed by atoms with E-state index in [2.05, 4.69) is 0 Å². The van der Waals surface area contributed by atoms with Gasteiger partial charge in [-0.25, -0.2) is 0 Å². The van der Waals surface area contributed by atoms with Crippen LogP contribution in [-0.2, 0) is 12.4 Å². The summed E-state index contributed by atoms with van der Waals surface area (Å²) in [4.78, 5) is 29.3. The first-order valence-corrected chi connectivity index (χ1v) is 7.29. The van der Waals surface area contributed by atoms with Gasteiger partial charge in [0, 0.05) is 5.69 Å². The number of alkyl halides is 6. The van der Waals surface area contributed by atoms with Gasteiger partial charge >= 0.3 is 23.7 Å². The Kier molecular flexibility index (Phi) is 5.54. The molecule has 10 nitrogen and oxygen atoms in total. The van der Waals surface area contributed by atoms with E-state index in [1.54, 1.807) is 5.32 Å². The van der Waals surface area contributed by atoms with E-state index in [1.165, 1.54) is 0 Å². The Morgan fingerprint density at radius 2 is 1.07 bits per heavy atom. The molecular formula is C14H6F6N4O6. The number of rotatable bonds is 5. The minimum Gasteiger partial charge on any atom is -0.344 e. The highest BCUT2D eigenvalue weighted by Gasteiger charge is 2.38. The van der Waals surface area contributed by atoms with Gasteiger partial charge in [-0.15, -0.1) is 0 Å². The third kappa shape index (κ3) is 4.70. The van der Waals surface area contributed by atoms with Crippen LogP contribution in [0.15, 0.2) is 30.3 Å². The van der Waals surface area contributed by atoms with Gasteiger partial charge in [0.1, 0.15) is 0 Å². The zero-order valence-electron chi connectivity index (χ0n) is 13.9. The van der Waals surface area contributed by atoms with Crippen LogP contribution in [0.1, 0.15) is 11.1 Å². The highest BCUT2D eigenvalue weighted by Crippen LogP contribution is 2.42. The normalized spacial score (nSPS) is 11.8. The number of nitro benzene ring substituents is 3. The third-order valence-electron chi connectivity index (χ3n) is 3.54. The third-order valence-corrected chi connectivity index (χ3v) is 3.54. The lowest BCUT2D eigenvalue weighted by Gasteiger charge is -2.15. The fourth-order valence-corrected chi connectivity index (χ4v) is 2.29. The van der Waals surface area contributed by atoms with Gasteiger partial charge in [0.2, 0.25) is 0 Å². The van der Waals surface area contributed by atoms with E-state index in [1.807, 2.05) is 0 Å². The van der Waals surface area contributed by atoms with Crippen molar-refractivity contribution in [3.63, 3.8) is 0 Å². The average Bonchev–Trinajstić information content (AvgIpc) is 2.59. The molecule has 0 saturated heterocycles. The molecule has 0 spiro atoms. The number of nitrogens with zero attached hydrogens (tertiary/aromatic N) is 3. The molecule has 2 rings (SSSR count). The summed E-state index contributed by atoms with van der Waals surface area (Å²) in [6.07, 6.45) is -10.5. The van der Waals surface area contributed by atoms with Gasteiger partial charge in [-0.2, -0.15) is 26.3 Å². The van der Waals surface area contributed by atoms with Crippen LogP contribution in [0.5, 0.6) is 0 Å². The van der Waals surface area contributed by atoms with Crippen molar-refractivity contribution in [3.05, 3.63) is 71.8 Å². The van der Waals surface area contributed by atoms with Crippen molar-refractivity contribution in [2.45, 2.75) is 12.4 Å². The average molecular weight is 440 g/mol. The highest BCUT2D eigenvalue weighted by atomic mass is 19.4. The molecule has 0 atom stereocenters. The van der Waals surface area contributed by atoms with Crippen LogP contribution in [0.2, 0.25) is 0 Å². The van der Waals surface area contributed by atoms with E-state index in [0.29, 0.717) is 0 Å². The smallest absolute Gasteiger partial charge is 0.344 e. The minimum absolute atomic E-state index is 0.143. The molecular weight excluding hydrogens is 434 g/mol. The molecule has 0 aliphatic carbocycles. The maximum absolute atomic E-state index is 12.9. The van der Waals surface area contributed by atoms with Gasteiger partial charge in [-0.05, 0) is 18.2 Å². The number of anilines is 2. The van der Waals surface area contributed by atoms with Crippen LogP contribution in [0, 0.1) is 30.3 Å². The Bertz CT molecular complexity index is 985. The van der Waals surface area contributed by atoms with E-state index >= 15 is 0 Å². The first kappa shape index (κ1) is 22.3. The summed E-state index contributed by atoms with van der Waals surface area (Å²) in [7, 11) is 0. The van der Waals surface area contributed by atoms with Crippen LogP contribution < -0.4 is 5.32 Å². The summed E-state index contributed by atoms with van der Waals surface area (Å²) in [5, 5.41) is 35.0. The van der Waals surface area contributed by atoms with E-state index < -0.39 is 66.7 Å². The number of benzene rings is 2. The monoisotopic (exact) mass is 440 g/mol. The summed E-state index contributed by atoms with van der Waals surface area (Å²) in [6, 6.07) is 0.610. The number of halogens is 6. The van der Waals surface area contributed by atoms with Crippen molar-refractivity contribution in [2.75, 3.05) is 5.32 Å². The van der Waals surface area contributed by atoms with Crippen LogP contribution in [-0.4, -0.2) is 14.8 Å². The Morgan fingerprint density at radius 3 is 1.37 bits per heavy atom. The predicted molar refractivity (Wildman–Crippen MR) is 86.1 cm³/mol. The maximum atomic E-state index is 12.9. The Balaban J connectivity index is 2.77. The van der Waals surface area contributed by atoms with Gasteiger partial charge in [-0.3, -0.25) is 30.3 Å². The van der Waals surface area contributed by atoms with E-state index in [0.717, 1.165) is 0 Å². The molecule has 0 bridgehead atoms. The molecule has 16 heteroatoms. The van der Waals surface area contributed by atoms with Gasteiger partial charge in [0.15, 0.2) is 5.69 Å². The zero-order chi connectivity index (χ0) is 23.0. The molecule has 1 N–H and O–H groups in total. The van der Waals surface area contributed by atoms with Gasteiger partial charge < -0.3 is 5.32 Å². The molecule has 0 aromatic heterocycles. The largest absolute Gasteiger partial charge is 0.416 e. The second-order valence-electron chi connectivity index (χ2n) is 5.55. The first-order chi connectivity index (χ1) is 13.6. The lowest BCUT2D eigenvalue weighted by Crippen LogP contribution is -2.12. The molecule has 0 radical (unpaired) electrons. The topological polar surface area (TPSA) is 141 Å². The minimum atomic E-state index is -5.25. The molecule has 0 unspecified atom stereocenters. The summed E-state index contributed by atoms with van der Waals surface area (Å²) < 4.78 is 77.7. The molecule has 0 amide bonds. The van der Waals surface area contributed by atoms with Crippen molar-refractivity contribution in [1.82, 2.24) is 0 Å². The molecule has 0 heterocycles. The van der Waals surface area contributed by atoms with Crippen molar-refractivity contribution in [2.24, 2.45) is 0 Å². The summed E-state index contributed by atoms with van der Waals surface area (Å²) >= 11 is 0. The number of non-ortho nitro benzene ring substituents is 1. The maximum Gasteiger partial charge on any atom is 0.416 e. The van der Waals surface area contributed by atoms with E-state index in [9.17, 15) is 56.7 Å². The van der Waals surface area contributed by atoms with Gasteiger partial charge in [0.25, 0.3) is 5.69 Å². The van der Waals surface area contributed by atoms with E-state index in [-0.39, 0.29) is 30.3 Å². The summed E-state index contributed by atoms with van der Waals surface area (Å²) in [6.45, 7) is 0. The molecule has 160 valence electrons. The second kappa shape index (κ2) is 7.45. The molecule has 0 fully saturated rings. The Morgan fingerprint density at radius 1 is 0.667 bits per heavy atom. The SMILES string of the molecule is O=[N+]([O-])c1cc([N+](=O)[O-])c(Nc2cc(C(F)(F)F)cc(C(F)(F)F)c2)c([N+](=O)[O-])c1. The quantitative estimate of drug-likeness (QED) is 0.383. The number of nitro groups is 3. The van der Waals surface area contributed by atoms with Crippen LogP contribution in [0.25, 0.3) is 0 Å². The molecule has 30 heavy (non-hydrogen) atoms. The molecule has 0 saturated carbocycles. The first-order valence-electron chi connectivity index (χ1n) is 7.29. The fraction of sp³-hybridized carbons (Fsp3) is 0.143. The van der Waals surface area contributed by atoms with Crippen molar-refractivity contribution < 1.29 is 41.1 Å². The molecule has 0 aliphatic rings. The standard InChI is InChI=1S/C14H6F6N4O6/c15-13(16,17)6-1-7(14(18,19)20)3-8(2-6)21-12-10(23(27)28)4-9(22(25)26)5-11(12)24(29)30/h1-5,21H. The molecule has 2 aromatic rings. The Labute approximate surface area is 160 Å². The van der Waals surface area contributed by atoms with Crippen molar-refractivity contribution >= 4 is 28.4 Å². The lowest BCUT2D eigenvalue weighted by atomic mass is 10.1. The molecule has 0 aliphatic heterocycles. The molecule has 2 aromatic carbocycles. The van der Waals surface area contributed by atoms with Gasteiger partial charge in [-0.1, -0.05) is 0 Å². The second-order valence-corrected chi connectivity index (χ2v) is 5.55. The summed E-state index contributed by atoms with van der Waals surface area (Å²) in [5.74, 6) is 0. The van der Waals surface area contributed by atoms with Crippen LogP contribution in [0.3, 0.4) is 0 Å². The van der Waals surface area contributed by atoms with Crippen molar-refractivity contribution in [1.29, 1.82) is 0 Å². The lowest BCUT2D eigenvalue weighted by molar-refractivity contribution is -0.401. The predicted octanol–water partition coefficient (Wildman–Crippen LogP) is 5.19. The van der Waals surface area contributed by atoms with Crippen LogP contribution in [0.4, 0.5) is 54.8 Å². The Hall–Kier alpha value is -3.98. The summed E-state index contributed by atoms with van der Waals surface area (Å²) in [5.41, 5.74) is -9.41. The highest BCUT2D eigenvalue weighted by molar-refractivity contribution is 5.81.